The average Bonchev–Trinajstić information content (AvgIpc) is 2.67. The van der Waals surface area contributed by atoms with Crippen molar-refractivity contribution in [2.24, 2.45) is 7.05 Å². The zero-order chi connectivity index (χ0) is 12.4. The fraction of sp³-hybridized carbons (Fsp3) is 0.167. The summed E-state index contributed by atoms with van der Waals surface area (Å²) in [6.45, 7) is 1.91. The molecule has 1 aromatic heterocycles. The number of nitrogens with one attached hydrogen (secondary N) is 1. The van der Waals surface area contributed by atoms with E-state index in [0.717, 1.165) is 10.0 Å². The van der Waals surface area contributed by atoms with Crippen molar-refractivity contribution in [1.82, 2.24) is 9.78 Å². The van der Waals surface area contributed by atoms with Crippen LogP contribution in [0.4, 0.5) is 5.69 Å². The van der Waals surface area contributed by atoms with Gasteiger partial charge in [-0.05, 0) is 24.6 Å². The first-order valence-corrected chi connectivity index (χ1v) is 5.92. The molecule has 0 aliphatic rings. The van der Waals surface area contributed by atoms with Crippen LogP contribution in [0.2, 0.25) is 0 Å². The number of benzene rings is 1. The number of aryl methyl sites for hydroxylation is 2. The molecule has 1 N–H and O–H groups in total. The largest absolute Gasteiger partial charge is 0.319 e. The van der Waals surface area contributed by atoms with Crippen LogP contribution < -0.4 is 5.32 Å². The number of halogens is 1. The summed E-state index contributed by atoms with van der Waals surface area (Å²) in [5.74, 6) is -0.128. The molecular formula is C12H12BrN3O. The van der Waals surface area contributed by atoms with Gasteiger partial charge in [-0.2, -0.15) is 5.10 Å². The number of nitrogens with zero attached hydrogens (tertiary/aromatic N) is 2. The van der Waals surface area contributed by atoms with Gasteiger partial charge >= 0.3 is 0 Å². The summed E-state index contributed by atoms with van der Waals surface area (Å²) in [6.07, 6.45) is 3.37. The van der Waals surface area contributed by atoms with Gasteiger partial charge < -0.3 is 5.32 Å². The molecule has 4 nitrogen and oxygen atoms in total. The molecule has 0 bridgehead atoms. The molecular weight excluding hydrogens is 282 g/mol. The fourth-order valence-corrected chi connectivity index (χ4v) is 1.88. The number of carbonyl (C=O) groups is 1. The molecule has 88 valence electrons. The number of aromatic nitrogens is 2. The molecule has 1 heterocycles. The van der Waals surface area contributed by atoms with Crippen molar-refractivity contribution in [1.29, 1.82) is 0 Å². The van der Waals surface area contributed by atoms with Crippen molar-refractivity contribution in [3.05, 3.63) is 46.2 Å². The third-order valence-electron chi connectivity index (χ3n) is 2.41. The van der Waals surface area contributed by atoms with E-state index >= 15 is 0 Å². The summed E-state index contributed by atoms with van der Waals surface area (Å²) in [4.78, 5) is 12.0. The monoisotopic (exact) mass is 293 g/mol. The molecule has 17 heavy (non-hydrogen) atoms. The minimum atomic E-state index is -0.128. The minimum absolute atomic E-state index is 0.128. The van der Waals surface area contributed by atoms with Gasteiger partial charge in [0.15, 0.2) is 0 Å². The van der Waals surface area contributed by atoms with Crippen LogP contribution in [0.5, 0.6) is 0 Å². The molecule has 0 spiro atoms. The summed E-state index contributed by atoms with van der Waals surface area (Å²) in [5.41, 5.74) is 2.29. The Balaban J connectivity index is 2.22. The highest BCUT2D eigenvalue weighted by Crippen LogP contribution is 2.17. The van der Waals surface area contributed by atoms with Crippen LogP contribution in [0.15, 0.2) is 35.1 Å². The molecule has 0 aliphatic heterocycles. The SMILES string of the molecule is Cc1ccc(Br)cc1C(=O)Nc1cnn(C)c1. The van der Waals surface area contributed by atoms with Crippen molar-refractivity contribution in [3.63, 3.8) is 0 Å². The van der Waals surface area contributed by atoms with E-state index < -0.39 is 0 Å². The van der Waals surface area contributed by atoms with E-state index in [9.17, 15) is 4.79 Å². The van der Waals surface area contributed by atoms with Crippen LogP contribution in [0, 0.1) is 6.92 Å². The Kier molecular flexibility index (Phi) is 3.28. The smallest absolute Gasteiger partial charge is 0.256 e. The average molecular weight is 294 g/mol. The summed E-state index contributed by atoms with van der Waals surface area (Å²) < 4.78 is 2.53. The molecule has 0 radical (unpaired) electrons. The van der Waals surface area contributed by atoms with Crippen molar-refractivity contribution >= 4 is 27.5 Å². The van der Waals surface area contributed by atoms with Gasteiger partial charge in [0.25, 0.3) is 5.91 Å². The minimum Gasteiger partial charge on any atom is -0.319 e. The first-order valence-electron chi connectivity index (χ1n) is 5.12. The van der Waals surface area contributed by atoms with E-state index in [1.165, 1.54) is 0 Å². The van der Waals surface area contributed by atoms with Crippen LogP contribution >= 0.6 is 15.9 Å². The lowest BCUT2D eigenvalue weighted by Gasteiger charge is -2.06. The van der Waals surface area contributed by atoms with Crippen LogP contribution in [0.25, 0.3) is 0 Å². The maximum atomic E-state index is 12.0. The molecule has 0 aliphatic carbocycles. The molecule has 0 fully saturated rings. The van der Waals surface area contributed by atoms with Crippen LogP contribution in [0.3, 0.4) is 0 Å². The van der Waals surface area contributed by atoms with Crippen LogP contribution in [-0.4, -0.2) is 15.7 Å². The lowest BCUT2D eigenvalue weighted by molar-refractivity contribution is 0.102. The second kappa shape index (κ2) is 4.71. The molecule has 2 aromatic rings. The normalized spacial score (nSPS) is 10.3. The Morgan fingerprint density at radius 2 is 2.24 bits per heavy atom. The third-order valence-corrected chi connectivity index (χ3v) is 2.90. The zero-order valence-corrected chi connectivity index (χ0v) is 11.2. The molecule has 0 unspecified atom stereocenters. The van der Waals surface area contributed by atoms with E-state index in [-0.39, 0.29) is 5.91 Å². The second-order valence-electron chi connectivity index (χ2n) is 3.82. The van der Waals surface area contributed by atoms with E-state index in [1.807, 2.05) is 19.1 Å². The van der Waals surface area contributed by atoms with Gasteiger partial charge in [-0.15, -0.1) is 0 Å². The fourth-order valence-electron chi connectivity index (χ4n) is 1.52. The Hall–Kier alpha value is -1.62. The number of amides is 1. The third kappa shape index (κ3) is 2.74. The molecule has 1 aromatic carbocycles. The second-order valence-corrected chi connectivity index (χ2v) is 4.73. The summed E-state index contributed by atoms with van der Waals surface area (Å²) in [5, 5.41) is 6.80. The Labute approximate surface area is 108 Å². The number of anilines is 1. The predicted octanol–water partition coefficient (Wildman–Crippen LogP) is 2.74. The predicted molar refractivity (Wildman–Crippen MR) is 70.0 cm³/mol. The molecule has 2 rings (SSSR count). The standard InChI is InChI=1S/C12H12BrN3O/c1-8-3-4-9(13)5-11(8)12(17)15-10-6-14-16(2)7-10/h3-7H,1-2H3,(H,15,17). The first kappa shape index (κ1) is 11.9. The summed E-state index contributed by atoms with van der Waals surface area (Å²) >= 11 is 3.36. The summed E-state index contributed by atoms with van der Waals surface area (Å²) in [7, 11) is 1.81. The van der Waals surface area contributed by atoms with E-state index in [1.54, 1.807) is 30.2 Å². The maximum absolute atomic E-state index is 12.0. The topological polar surface area (TPSA) is 46.9 Å². The molecule has 0 saturated heterocycles. The zero-order valence-electron chi connectivity index (χ0n) is 9.57. The van der Waals surface area contributed by atoms with Gasteiger partial charge in [0, 0.05) is 23.3 Å². The molecule has 5 heteroatoms. The highest BCUT2D eigenvalue weighted by Gasteiger charge is 2.10. The van der Waals surface area contributed by atoms with Crippen LogP contribution in [-0.2, 0) is 7.05 Å². The van der Waals surface area contributed by atoms with Gasteiger partial charge in [-0.25, -0.2) is 0 Å². The van der Waals surface area contributed by atoms with E-state index in [4.69, 9.17) is 0 Å². The van der Waals surface area contributed by atoms with Gasteiger partial charge in [-0.1, -0.05) is 22.0 Å². The van der Waals surface area contributed by atoms with Gasteiger partial charge in [0.05, 0.1) is 11.9 Å². The Morgan fingerprint density at radius 3 is 2.88 bits per heavy atom. The number of rotatable bonds is 2. The number of hydrogen-bond donors (Lipinski definition) is 1. The van der Waals surface area contributed by atoms with E-state index in [0.29, 0.717) is 11.3 Å². The Bertz CT molecular complexity index is 563. The Morgan fingerprint density at radius 1 is 1.47 bits per heavy atom. The van der Waals surface area contributed by atoms with Crippen molar-refractivity contribution in [3.8, 4) is 0 Å². The first-order chi connectivity index (χ1) is 8.06. The maximum Gasteiger partial charge on any atom is 0.256 e. The highest BCUT2D eigenvalue weighted by molar-refractivity contribution is 9.10. The number of carbonyl (C=O) groups excluding carboxylic acids is 1. The quantitative estimate of drug-likeness (QED) is 0.925. The summed E-state index contributed by atoms with van der Waals surface area (Å²) in [6, 6.07) is 5.62. The van der Waals surface area contributed by atoms with Gasteiger partial charge in [0.1, 0.15) is 0 Å². The van der Waals surface area contributed by atoms with Crippen molar-refractivity contribution in [2.75, 3.05) is 5.32 Å². The van der Waals surface area contributed by atoms with E-state index in [2.05, 4.69) is 26.3 Å². The molecule has 0 atom stereocenters. The highest BCUT2D eigenvalue weighted by atomic mass is 79.9. The molecule has 1 amide bonds. The number of hydrogen-bond acceptors (Lipinski definition) is 2. The lowest BCUT2D eigenvalue weighted by atomic mass is 10.1. The van der Waals surface area contributed by atoms with Crippen molar-refractivity contribution in [2.45, 2.75) is 6.92 Å². The van der Waals surface area contributed by atoms with Gasteiger partial charge in [0.2, 0.25) is 0 Å². The van der Waals surface area contributed by atoms with Gasteiger partial charge in [-0.3, -0.25) is 9.48 Å². The van der Waals surface area contributed by atoms with Crippen molar-refractivity contribution < 1.29 is 4.79 Å². The lowest BCUT2D eigenvalue weighted by Crippen LogP contribution is -2.12. The van der Waals surface area contributed by atoms with Crippen LogP contribution in [0.1, 0.15) is 15.9 Å². The molecule has 0 saturated carbocycles.